The maximum Gasteiger partial charge on any atom is 0.337 e. The molecule has 0 fully saturated rings. The molecule has 0 heterocycles. The van der Waals surface area contributed by atoms with Gasteiger partial charge < -0.3 is 15.7 Å². The van der Waals surface area contributed by atoms with E-state index in [1.807, 2.05) is 0 Å². The van der Waals surface area contributed by atoms with Crippen LogP contribution in [0.25, 0.3) is 0 Å². The Hall–Kier alpha value is -2.51. The molecule has 0 aromatic heterocycles. The summed E-state index contributed by atoms with van der Waals surface area (Å²) in [6.45, 7) is 1.32. The maximum absolute atomic E-state index is 13.1. The number of carboxylic acids is 1. The van der Waals surface area contributed by atoms with E-state index < -0.39 is 29.1 Å². The average molecular weight is 286 g/mol. The summed E-state index contributed by atoms with van der Waals surface area (Å²) < 4.78 is 26.0. The summed E-state index contributed by atoms with van der Waals surface area (Å²) in [5.41, 5.74) is -0.902. The first-order valence-corrected chi connectivity index (χ1v) is 5.58. The molecule has 1 rings (SSSR count). The zero-order valence-electron chi connectivity index (χ0n) is 10.5. The summed E-state index contributed by atoms with van der Waals surface area (Å²) in [5, 5.41) is 13.4. The van der Waals surface area contributed by atoms with Crippen LogP contribution in [0.5, 0.6) is 0 Å². The fourth-order valence-corrected chi connectivity index (χ4v) is 1.39. The molecule has 0 atom stereocenters. The topological polar surface area (TPSA) is 95.5 Å². The molecule has 20 heavy (non-hydrogen) atoms. The second-order valence-corrected chi connectivity index (χ2v) is 3.90. The van der Waals surface area contributed by atoms with Gasteiger partial charge in [-0.1, -0.05) is 0 Å². The second kappa shape index (κ2) is 6.60. The summed E-state index contributed by atoms with van der Waals surface area (Å²) >= 11 is 0. The van der Waals surface area contributed by atoms with Crippen molar-refractivity contribution in [2.45, 2.75) is 13.3 Å². The Bertz CT molecular complexity index is 561. The first-order chi connectivity index (χ1) is 9.31. The summed E-state index contributed by atoms with van der Waals surface area (Å²) in [6.07, 6.45) is -0.127. The van der Waals surface area contributed by atoms with Gasteiger partial charge in [0.25, 0.3) is 0 Å². The predicted molar refractivity (Wildman–Crippen MR) is 65.2 cm³/mol. The first-order valence-electron chi connectivity index (χ1n) is 5.58. The summed E-state index contributed by atoms with van der Waals surface area (Å²) in [5.74, 6) is -5.05. The van der Waals surface area contributed by atoms with Gasteiger partial charge in [0.1, 0.15) is 0 Å². The van der Waals surface area contributed by atoms with Crippen LogP contribution in [0, 0.1) is 11.6 Å². The normalized spacial score (nSPS) is 9.95. The van der Waals surface area contributed by atoms with Crippen molar-refractivity contribution in [3.63, 3.8) is 0 Å². The van der Waals surface area contributed by atoms with E-state index in [1.165, 1.54) is 6.92 Å². The van der Waals surface area contributed by atoms with Crippen LogP contribution < -0.4 is 10.6 Å². The molecule has 0 aliphatic rings. The molecule has 8 heteroatoms. The van der Waals surface area contributed by atoms with Crippen molar-refractivity contribution >= 4 is 23.5 Å². The molecule has 0 spiro atoms. The molecule has 0 aliphatic heterocycles. The van der Waals surface area contributed by atoms with E-state index in [1.54, 1.807) is 0 Å². The van der Waals surface area contributed by atoms with E-state index in [-0.39, 0.29) is 24.6 Å². The zero-order valence-corrected chi connectivity index (χ0v) is 10.5. The molecule has 3 N–H and O–H groups in total. The van der Waals surface area contributed by atoms with E-state index in [2.05, 4.69) is 10.6 Å². The highest BCUT2D eigenvalue weighted by molar-refractivity contribution is 6.00. The maximum atomic E-state index is 13.1. The van der Waals surface area contributed by atoms with Gasteiger partial charge in [0.2, 0.25) is 11.8 Å². The molecule has 6 nitrogen and oxygen atoms in total. The highest BCUT2D eigenvalue weighted by Crippen LogP contribution is 2.20. The van der Waals surface area contributed by atoms with Crippen LogP contribution in [0.4, 0.5) is 14.5 Å². The third-order valence-electron chi connectivity index (χ3n) is 2.29. The van der Waals surface area contributed by atoms with Crippen LogP contribution in [0.3, 0.4) is 0 Å². The predicted octanol–water partition coefficient (Wildman–Crippen LogP) is 1.13. The third kappa shape index (κ3) is 4.30. The highest BCUT2D eigenvalue weighted by Gasteiger charge is 2.16. The van der Waals surface area contributed by atoms with Crippen LogP contribution in [-0.4, -0.2) is 29.4 Å². The Labute approximate surface area is 112 Å². The Balaban J connectivity index is 2.80. The van der Waals surface area contributed by atoms with E-state index in [4.69, 9.17) is 5.11 Å². The van der Waals surface area contributed by atoms with Gasteiger partial charge in [-0.25, -0.2) is 13.6 Å². The third-order valence-corrected chi connectivity index (χ3v) is 2.29. The fourth-order valence-electron chi connectivity index (χ4n) is 1.39. The van der Waals surface area contributed by atoms with Gasteiger partial charge in [0, 0.05) is 26.0 Å². The second-order valence-electron chi connectivity index (χ2n) is 3.90. The number of rotatable bonds is 5. The Kier molecular flexibility index (Phi) is 5.13. The first kappa shape index (κ1) is 15.5. The van der Waals surface area contributed by atoms with Gasteiger partial charge in [-0.2, -0.15) is 0 Å². The molecule has 108 valence electrons. The van der Waals surface area contributed by atoms with Crippen LogP contribution >= 0.6 is 0 Å². The van der Waals surface area contributed by atoms with Crippen molar-refractivity contribution in [1.29, 1.82) is 0 Å². The molecule has 0 unspecified atom stereocenters. The smallest absolute Gasteiger partial charge is 0.337 e. The SMILES string of the molecule is CC(=O)NCCC(=O)Nc1cc(F)c(F)cc1C(=O)O. The number of nitrogens with one attached hydrogen (secondary N) is 2. The Morgan fingerprint density at radius 2 is 1.80 bits per heavy atom. The number of hydrogen-bond acceptors (Lipinski definition) is 3. The molecule has 1 aromatic carbocycles. The number of amides is 2. The minimum atomic E-state index is -1.50. The molecular formula is C12H12F2N2O4. The lowest BCUT2D eigenvalue weighted by Gasteiger charge is -2.09. The quantitative estimate of drug-likeness (QED) is 0.756. The number of aromatic carboxylic acids is 1. The molecule has 2 amide bonds. The van der Waals surface area contributed by atoms with Crippen molar-refractivity contribution in [2.24, 2.45) is 0 Å². The van der Waals surface area contributed by atoms with Gasteiger partial charge >= 0.3 is 5.97 Å². The Morgan fingerprint density at radius 3 is 2.35 bits per heavy atom. The molecular weight excluding hydrogens is 274 g/mol. The van der Waals surface area contributed by atoms with Gasteiger partial charge in [-0.05, 0) is 6.07 Å². The van der Waals surface area contributed by atoms with Crippen LogP contribution in [0.15, 0.2) is 12.1 Å². The lowest BCUT2D eigenvalue weighted by atomic mass is 10.1. The standard InChI is InChI=1S/C12H12F2N2O4/c1-6(17)15-3-2-11(18)16-10-5-9(14)8(13)4-7(10)12(19)20/h4-5H,2-3H2,1H3,(H,15,17)(H,16,18)(H,19,20). The van der Waals surface area contributed by atoms with E-state index in [0.717, 1.165) is 0 Å². The minimum absolute atomic E-state index is 0.0489. The van der Waals surface area contributed by atoms with Crippen molar-refractivity contribution in [1.82, 2.24) is 5.32 Å². The van der Waals surface area contributed by atoms with Crippen LogP contribution in [0.2, 0.25) is 0 Å². The summed E-state index contributed by atoms with van der Waals surface area (Å²) in [6, 6.07) is 1.08. The van der Waals surface area contributed by atoms with Crippen molar-refractivity contribution in [2.75, 3.05) is 11.9 Å². The van der Waals surface area contributed by atoms with Crippen molar-refractivity contribution in [3.05, 3.63) is 29.3 Å². The van der Waals surface area contributed by atoms with Crippen molar-refractivity contribution < 1.29 is 28.3 Å². The average Bonchev–Trinajstić information content (AvgIpc) is 2.32. The molecule has 0 radical (unpaired) electrons. The zero-order chi connectivity index (χ0) is 15.3. The number of benzene rings is 1. The van der Waals surface area contributed by atoms with E-state index in [9.17, 15) is 23.2 Å². The molecule has 0 aliphatic carbocycles. The minimum Gasteiger partial charge on any atom is -0.478 e. The summed E-state index contributed by atoms with van der Waals surface area (Å²) in [7, 11) is 0. The Morgan fingerprint density at radius 1 is 1.20 bits per heavy atom. The van der Waals surface area contributed by atoms with Gasteiger partial charge in [-0.3, -0.25) is 9.59 Å². The number of carbonyl (C=O) groups excluding carboxylic acids is 2. The van der Waals surface area contributed by atoms with Gasteiger partial charge in [0.05, 0.1) is 11.3 Å². The lowest BCUT2D eigenvalue weighted by Crippen LogP contribution is -2.25. The number of halogens is 2. The van der Waals surface area contributed by atoms with Gasteiger partial charge in [0.15, 0.2) is 11.6 Å². The molecule has 0 saturated carbocycles. The highest BCUT2D eigenvalue weighted by atomic mass is 19.2. The molecule has 0 bridgehead atoms. The fraction of sp³-hybridized carbons (Fsp3) is 0.250. The number of anilines is 1. The number of carboxylic acid groups (broad SMARTS) is 1. The lowest BCUT2D eigenvalue weighted by molar-refractivity contribution is -0.119. The largest absolute Gasteiger partial charge is 0.478 e. The number of carbonyl (C=O) groups is 3. The molecule has 1 aromatic rings. The van der Waals surface area contributed by atoms with Crippen LogP contribution in [0.1, 0.15) is 23.7 Å². The molecule has 0 saturated heterocycles. The van der Waals surface area contributed by atoms with Crippen molar-refractivity contribution in [3.8, 4) is 0 Å². The van der Waals surface area contributed by atoms with E-state index in [0.29, 0.717) is 12.1 Å². The number of hydrogen-bond donors (Lipinski definition) is 3. The van der Waals surface area contributed by atoms with E-state index >= 15 is 0 Å². The monoisotopic (exact) mass is 286 g/mol. The van der Waals surface area contributed by atoms with Gasteiger partial charge in [-0.15, -0.1) is 0 Å². The van der Waals surface area contributed by atoms with Crippen LogP contribution in [-0.2, 0) is 9.59 Å². The summed E-state index contributed by atoms with van der Waals surface area (Å²) in [4.78, 5) is 33.0.